The number of piperidine rings is 1. The summed E-state index contributed by atoms with van der Waals surface area (Å²) in [7, 11) is 0.532. The maximum atomic E-state index is 14.6. The van der Waals surface area contributed by atoms with Crippen molar-refractivity contribution in [1.29, 1.82) is 5.26 Å². The van der Waals surface area contributed by atoms with E-state index in [4.69, 9.17) is 14.4 Å². The Labute approximate surface area is 239 Å². The molecule has 0 aliphatic carbocycles. The van der Waals surface area contributed by atoms with Gasteiger partial charge in [0.1, 0.15) is 18.5 Å². The van der Waals surface area contributed by atoms with E-state index in [0.717, 1.165) is 0 Å². The summed E-state index contributed by atoms with van der Waals surface area (Å²) in [6, 6.07) is 8.79. The number of likely N-dealkylation sites (tertiary alicyclic amines) is 1. The first-order chi connectivity index (χ1) is 19.4. The molecule has 2 N–H and O–H groups in total. The zero-order valence-electron chi connectivity index (χ0n) is 22.3. The van der Waals surface area contributed by atoms with E-state index in [1.165, 1.54) is 30.5 Å². The molecule has 1 aromatic heterocycles. The van der Waals surface area contributed by atoms with Crippen LogP contribution in [0, 0.1) is 23.3 Å². The Morgan fingerprint density at radius 3 is 2.76 bits per heavy atom. The molecule has 3 aromatic rings. The third kappa shape index (κ3) is 7.38. The molecule has 0 spiro atoms. The Hall–Kier alpha value is -3.59. The topological polar surface area (TPSA) is 103 Å². The number of hydrogen-bond donors (Lipinski definition) is 2. The van der Waals surface area contributed by atoms with Gasteiger partial charge in [0.2, 0.25) is 6.19 Å². The molecule has 8 nitrogen and oxygen atoms in total. The lowest BCUT2D eigenvalue weighted by Crippen LogP contribution is -2.46. The first-order valence-electron chi connectivity index (χ1n) is 12.4. The van der Waals surface area contributed by atoms with Crippen molar-refractivity contribution in [3.05, 3.63) is 42.2 Å². The second-order valence-electron chi connectivity index (χ2n) is 9.30. The van der Waals surface area contributed by atoms with Crippen molar-refractivity contribution >= 4 is 43.8 Å². The van der Waals surface area contributed by atoms with Gasteiger partial charge in [-0.05, 0) is 61.5 Å². The fourth-order valence-electron chi connectivity index (χ4n) is 4.36. The van der Waals surface area contributed by atoms with Crippen molar-refractivity contribution in [2.75, 3.05) is 50.7 Å². The molecule has 0 radical (unpaired) electrons. The Morgan fingerprint density at radius 1 is 1.29 bits per heavy atom. The van der Waals surface area contributed by atoms with Gasteiger partial charge in [0.15, 0.2) is 11.3 Å². The van der Waals surface area contributed by atoms with Gasteiger partial charge >= 0.3 is 5.51 Å². The first-order valence-corrected chi connectivity index (χ1v) is 15.1. The standard InChI is InChI=1S/C27H27F4N5O3S2/c1-33-22-14-17(41(3,37)34-16-32)9-10-23(22)38-13-5-8-24-26(40-27(29,30)31)18-6-4-7-21(25(18)39-24)35-20-11-12-36(2)15-19(20)28/h4,6-7,9-10,14,19-20,33,35H,11-13,15H2,1-3H3/t19-,20+,41?/m0/s1. The number of furan rings is 1. The summed E-state index contributed by atoms with van der Waals surface area (Å²) < 4.78 is 82.6. The number of rotatable bonds is 7. The SMILES string of the molecule is CNc1cc(S(C)(=O)=NC#N)ccc1OCC#Cc1oc2c(N[C@@H]3CCN(C)C[C@@H]3F)cccc2c1SC(F)(F)F. The third-order valence-electron chi connectivity index (χ3n) is 6.35. The van der Waals surface area contributed by atoms with Crippen LogP contribution in [0.2, 0.25) is 0 Å². The lowest BCUT2D eigenvalue weighted by molar-refractivity contribution is -0.0328. The number of para-hydroxylation sites is 1. The minimum absolute atomic E-state index is 0.162. The minimum Gasteiger partial charge on any atom is -0.479 e. The van der Waals surface area contributed by atoms with Crippen LogP contribution in [0.5, 0.6) is 5.75 Å². The van der Waals surface area contributed by atoms with Crippen LogP contribution in [0.1, 0.15) is 12.2 Å². The molecule has 0 amide bonds. The first kappa shape index (κ1) is 30.4. The second-order valence-corrected chi connectivity index (χ2v) is 12.6. The average Bonchev–Trinajstić information content (AvgIpc) is 3.24. The van der Waals surface area contributed by atoms with Gasteiger partial charge in [-0.1, -0.05) is 12.0 Å². The third-order valence-corrected chi connectivity index (χ3v) is 8.75. The summed E-state index contributed by atoms with van der Waals surface area (Å²) in [5, 5.41) is 15.0. The molecule has 1 unspecified atom stereocenters. The van der Waals surface area contributed by atoms with Gasteiger partial charge in [-0.3, -0.25) is 0 Å². The maximum absolute atomic E-state index is 14.6. The second kappa shape index (κ2) is 12.5. The number of halogens is 4. The molecule has 3 atom stereocenters. The number of thioether (sulfide) groups is 1. The largest absolute Gasteiger partial charge is 0.479 e. The number of fused-ring (bicyclic) bond motifs is 1. The fourth-order valence-corrected chi connectivity index (χ4v) is 5.96. The smallest absolute Gasteiger partial charge is 0.446 e. The highest BCUT2D eigenvalue weighted by Gasteiger charge is 2.34. The molecule has 14 heteroatoms. The van der Waals surface area contributed by atoms with Gasteiger partial charge in [-0.2, -0.15) is 18.4 Å². The van der Waals surface area contributed by atoms with E-state index in [2.05, 4.69) is 26.8 Å². The van der Waals surface area contributed by atoms with Crippen LogP contribution in [0.3, 0.4) is 0 Å². The van der Waals surface area contributed by atoms with E-state index in [-0.39, 0.29) is 46.5 Å². The number of alkyl halides is 4. The van der Waals surface area contributed by atoms with Crippen molar-refractivity contribution in [2.45, 2.75) is 33.9 Å². The molecule has 0 bridgehead atoms. The van der Waals surface area contributed by atoms with Gasteiger partial charge in [0.05, 0.1) is 36.9 Å². The Kier molecular flexibility index (Phi) is 9.27. The van der Waals surface area contributed by atoms with Crippen molar-refractivity contribution in [3.63, 3.8) is 0 Å². The number of anilines is 2. The lowest BCUT2D eigenvalue weighted by Gasteiger charge is -2.33. The van der Waals surface area contributed by atoms with Crippen LogP contribution in [0.4, 0.5) is 28.9 Å². The summed E-state index contributed by atoms with van der Waals surface area (Å²) >= 11 is -0.327. The molecule has 4 rings (SSSR count). The molecule has 1 aliphatic heterocycles. The molecular formula is C27H27F4N5O3S2. The average molecular weight is 610 g/mol. The summed E-state index contributed by atoms with van der Waals surface area (Å²) in [6.45, 7) is 0.737. The van der Waals surface area contributed by atoms with E-state index < -0.39 is 27.5 Å². The number of hydrogen-bond acceptors (Lipinski definition) is 9. The highest BCUT2D eigenvalue weighted by atomic mass is 32.2. The summed E-state index contributed by atoms with van der Waals surface area (Å²) in [6.07, 6.45) is 2.26. The maximum Gasteiger partial charge on any atom is 0.446 e. The quantitative estimate of drug-likeness (QED) is 0.148. The van der Waals surface area contributed by atoms with E-state index in [9.17, 15) is 21.8 Å². The molecule has 0 saturated carbocycles. The number of benzene rings is 2. The van der Waals surface area contributed by atoms with Gasteiger partial charge in [-0.15, -0.1) is 4.36 Å². The van der Waals surface area contributed by atoms with Crippen LogP contribution in [0.15, 0.2) is 55.0 Å². The van der Waals surface area contributed by atoms with Crippen molar-refractivity contribution in [3.8, 4) is 23.8 Å². The minimum atomic E-state index is -4.59. The van der Waals surface area contributed by atoms with E-state index in [1.807, 2.05) is 11.9 Å². The number of ether oxygens (including phenoxy) is 1. The fraction of sp³-hybridized carbons (Fsp3) is 0.370. The number of nitrogens with one attached hydrogen (secondary N) is 2. The molecule has 218 valence electrons. The summed E-state index contributed by atoms with van der Waals surface area (Å²) in [4.78, 5) is 2.01. The van der Waals surface area contributed by atoms with Gasteiger partial charge < -0.3 is 24.7 Å². The van der Waals surface area contributed by atoms with Gasteiger partial charge in [0, 0.05) is 31.8 Å². The lowest BCUT2D eigenvalue weighted by atomic mass is 10.0. The Morgan fingerprint density at radius 2 is 2.07 bits per heavy atom. The van der Waals surface area contributed by atoms with E-state index in [0.29, 0.717) is 35.0 Å². The van der Waals surface area contributed by atoms with Crippen LogP contribution in [0.25, 0.3) is 11.0 Å². The van der Waals surface area contributed by atoms with Gasteiger partial charge in [-0.25, -0.2) is 8.60 Å². The highest BCUT2D eigenvalue weighted by molar-refractivity contribution is 8.00. The van der Waals surface area contributed by atoms with Crippen molar-refractivity contribution in [2.24, 2.45) is 4.36 Å². The highest BCUT2D eigenvalue weighted by Crippen LogP contribution is 2.45. The predicted octanol–water partition coefficient (Wildman–Crippen LogP) is 5.91. The van der Waals surface area contributed by atoms with Crippen molar-refractivity contribution < 1.29 is 30.9 Å². The van der Waals surface area contributed by atoms with Crippen LogP contribution >= 0.6 is 11.8 Å². The molecular weight excluding hydrogens is 582 g/mol. The summed E-state index contributed by atoms with van der Waals surface area (Å²) in [5.41, 5.74) is -3.58. The van der Waals surface area contributed by atoms with Crippen molar-refractivity contribution in [1.82, 2.24) is 4.90 Å². The van der Waals surface area contributed by atoms with Gasteiger partial charge in [0.25, 0.3) is 0 Å². The molecule has 1 saturated heterocycles. The number of nitrogens with zero attached hydrogens (tertiary/aromatic N) is 3. The van der Waals surface area contributed by atoms with E-state index >= 15 is 0 Å². The molecule has 1 aliphatic rings. The normalized spacial score (nSPS) is 19.0. The predicted molar refractivity (Wildman–Crippen MR) is 151 cm³/mol. The summed E-state index contributed by atoms with van der Waals surface area (Å²) in [5.74, 6) is 5.49. The van der Waals surface area contributed by atoms with Crippen LogP contribution in [-0.2, 0) is 9.73 Å². The molecule has 1 fully saturated rings. The monoisotopic (exact) mass is 609 g/mol. The number of nitriles is 1. The Bertz CT molecular complexity index is 1650. The zero-order valence-corrected chi connectivity index (χ0v) is 24.0. The molecule has 2 aromatic carbocycles. The zero-order chi connectivity index (χ0) is 29.8. The van der Waals surface area contributed by atoms with E-state index in [1.54, 1.807) is 25.4 Å². The molecule has 2 heterocycles. The van der Waals surface area contributed by atoms with Crippen LogP contribution in [-0.4, -0.2) is 66.9 Å². The molecule has 41 heavy (non-hydrogen) atoms. The Balaban J connectivity index is 1.60. The van der Waals surface area contributed by atoms with Crippen LogP contribution < -0.4 is 15.4 Å².